The number of carbonyl (C=O) groups excluding carboxylic acids is 3. The average molecular weight is 458 g/mol. The highest BCUT2D eigenvalue weighted by molar-refractivity contribution is 7.90. The van der Waals surface area contributed by atoms with Gasteiger partial charge in [-0.2, -0.15) is 0 Å². The molecule has 168 valence electrons. The molecule has 10 heteroatoms. The second-order valence-corrected chi connectivity index (χ2v) is 9.53. The topological polar surface area (TPSA) is 138 Å². The smallest absolute Gasteiger partial charge is 0.322 e. The van der Waals surface area contributed by atoms with Gasteiger partial charge in [0, 0.05) is 25.8 Å². The van der Waals surface area contributed by atoms with Crippen molar-refractivity contribution in [2.24, 2.45) is 5.92 Å². The lowest BCUT2D eigenvalue weighted by Gasteiger charge is -2.30. The fraction of sp³-hybridized carbons (Fsp3) is 0.273. The van der Waals surface area contributed by atoms with Crippen molar-refractivity contribution in [3.8, 4) is 11.1 Å². The Morgan fingerprint density at radius 1 is 1.03 bits per heavy atom. The average Bonchev–Trinajstić information content (AvgIpc) is 2.74. The second kappa shape index (κ2) is 9.31. The van der Waals surface area contributed by atoms with E-state index in [4.69, 9.17) is 5.11 Å². The number of nitrogens with zero attached hydrogens (tertiary/aromatic N) is 1. The number of nitrogens with one attached hydrogen (secondary N) is 1. The van der Waals surface area contributed by atoms with Gasteiger partial charge in [0.05, 0.1) is 4.90 Å². The van der Waals surface area contributed by atoms with Crippen LogP contribution in [-0.2, 0) is 35.6 Å². The van der Waals surface area contributed by atoms with Gasteiger partial charge in [-0.05, 0) is 28.8 Å². The molecule has 0 spiro atoms. The van der Waals surface area contributed by atoms with E-state index in [9.17, 15) is 27.6 Å². The number of likely N-dealkylation sites (tertiary alicyclic amines) is 1. The number of carboxylic acid groups (broad SMARTS) is 1. The maximum absolute atomic E-state index is 12.7. The molecule has 2 aromatic rings. The molecule has 0 radical (unpaired) electrons. The highest BCUT2D eigenvalue weighted by Gasteiger charge is 2.40. The van der Waals surface area contributed by atoms with Crippen LogP contribution in [0.1, 0.15) is 12.0 Å². The minimum Gasteiger partial charge on any atom is -0.480 e. The van der Waals surface area contributed by atoms with E-state index in [1.54, 1.807) is 12.1 Å². The third-order valence-corrected chi connectivity index (χ3v) is 6.26. The summed E-state index contributed by atoms with van der Waals surface area (Å²) >= 11 is 0. The summed E-state index contributed by atoms with van der Waals surface area (Å²) in [6, 6.07) is 13.8. The summed E-state index contributed by atoms with van der Waals surface area (Å²) in [4.78, 5) is 49.1. The number of benzene rings is 2. The predicted octanol–water partition coefficient (Wildman–Crippen LogP) is 0.876. The van der Waals surface area contributed by atoms with E-state index in [0.29, 0.717) is 0 Å². The Bertz CT molecular complexity index is 1160. The molecule has 1 fully saturated rings. The van der Waals surface area contributed by atoms with Crippen LogP contribution < -0.4 is 5.32 Å². The Morgan fingerprint density at radius 2 is 1.59 bits per heavy atom. The quantitative estimate of drug-likeness (QED) is 0.587. The first-order chi connectivity index (χ1) is 15.1. The van der Waals surface area contributed by atoms with Gasteiger partial charge in [0.15, 0.2) is 21.5 Å². The van der Waals surface area contributed by atoms with Crippen molar-refractivity contribution in [1.29, 1.82) is 0 Å². The molecule has 1 aliphatic rings. The van der Waals surface area contributed by atoms with Crippen molar-refractivity contribution in [1.82, 2.24) is 10.2 Å². The number of carboxylic acids is 1. The molecule has 0 aromatic heterocycles. The van der Waals surface area contributed by atoms with Crippen LogP contribution in [0.4, 0.5) is 0 Å². The molecular weight excluding hydrogens is 436 g/mol. The summed E-state index contributed by atoms with van der Waals surface area (Å²) in [5.74, 6) is -4.88. The highest BCUT2D eigenvalue weighted by atomic mass is 32.2. The van der Waals surface area contributed by atoms with E-state index in [1.807, 2.05) is 24.3 Å². The van der Waals surface area contributed by atoms with Gasteiger partial charge >= 0.3 is 5.97 Å². The predicted molar refractivity (Wildman–Crippen MR) is 114 cm³/mol. The molecule has 3 rings (SSSR count). The number of piperidine rings is 1. The number of ketones is 1. The lowest BCUT2D eigenvalue weighted by Crippen LogP contribution is -2.52. The van der Waals surface area contributed by atoms with Crippen LogP contribution >= 0.6 is 0 Å². The van der Waals surface area contributed by atoms with Crippen LogP contribution in [-0.4, -0.2) is 61.3 Å². The fourth-order valence-corrected chi connectivity index (χ4v) is 4.05. The molecule has 0 aliphatic carbocycles. The number of hydrogen-bond donors (Lipinski definition) is 2. The Hall–Kier alpha value is -3.53. The van der Waals surface area contributed by atoms with Crippen molar-refractivity contribution >= 4 is 33.4 Å². The third kappa shape index (κ3) is 5.38. The Labute approximate surface area is 185 Å². The maximum Gasteiger partial charge on any atom is 0.322 e. The maximum atomic E-state index is 12.7. The highest BCUT2D eigenvalue weighted by Crippen LogP contribution is 2.23. The van der Waals surface area contributed by atoms with Crippen LogP contribution in [0, 0.1) is 5.92 Å². The Kier molecular flexibility index (Phi) is 6.73. The van der Waals surface area contributed by atoms with Crippen molar-refractivity contribution in [2.75, 3.05) is 19.3 Å². The molecular formula is C22H22N2O7S. The molecule has 1 atom stereocenters. The van der Waals surface area contributed by atoms with Gasteiger partial charge < -0.3 is 15.3 Å². The van der Waals surface area contributed by atoms with Crippen molar-refractivity contribution < 1.29 is 32.7 Å². The van der Waals surface area contributed by atoms with Gasteiger partial charge in [-0.15, -0.1) is 0 Å². The Morgan fingerprint density at radius 3 is 2.12 bits per heavy atom. The first-order valence-corrected chi connectivity index (χ1v) is 11.7. The number of rotatable bonds is 7. The molecule has 9 nitrogen and oxygen atoms in total. The van der Waals surface area contributed by atoms with E-state index in [1.165, 1.54) is 17.0 Å². The summed E-state index contributed by atoms with van der Waals surface area (Å²) in [7, 11) is -3.27. The first-order valence-electron chi connectivity index (χ1n) is 9.76. The van der Waals surface area contributed by atoms with Gasteiger partial charge in [-0.25, -0.2) is 8.42 Å². The lowest BCUT2D eigenvalue weighted by molar-refractivity contribution is -0.152. The summed E-state index contributed by atoms with van der Waals surface area (Å²) in [5.41, 5.74) is 2.48. The third-order valence-electron chi connectivity index (χ3n) is 5.13. The molecule has 1 aliphatic heterocycles. The van der Waals surface area contributed by atoms with Gasteiger partial charge in [0.25, 0.3) is 0 Å². The number of sulfone groups is 1. The molecule has 0 saturated carbocycles. The summed E-state index contributed by atoms with van der Waals surface area (Å²) < 4.78 is 23.2. The minimum absolute atomic E-state index is 0.0155. The normalized spacial score (nSPS) is 16.7. The SMILES string of the molecule is CS(=O)(=O)c1ccc(-c2ccc(CN3CCC(=O)C(C(=O)NCC(=O)O)C3=O)cc2)cc1. The molecule has 1 saturated heterocycles. The molecule has 0 bridgehead atoms. The largest absolute Gasteiger partial charge is 0.480 e. The van der Waals surface area contributed by atoms with Gasteiger partial charge in [-0.1, -0.05) is 36.4 Å². The van der Waals surface area contributed by atoms with Crippen molar-refractivity contribution in [2.45, 2.75) is 17.9 Å². The van der Waals surface area contributed by atoms with Crippen LogP contribution in [0.15, 0.2) is 53.4 Å². The van der Waals surface area contributed by atoms with Gasteiger partial charge in [0.1, 0.15) is 6.54 Å². The zero-order chi connectivity index (χ0) is 23.5. The summed E-state index contributed by atoms with van der Waals surface area (Å²) in [6.07, 6.45) is 1.16. The van der Waals surface area contributed by atoms with E-state index in [2.05, 4.69) is 5.32 Å². The van der Waals surface area contributed by atoms with Crippen molar-refractivity contribution in [3.63, 3.8) is 0 Å². The molecule has 1 unspecified atom stereocenters. The molecule has 2 N–H and O–H groups in total. The molecule has 2 amide bonds. The number of carbonyl (C=O) groups is 4. The minimum atomic E-state index is -3.27. The van der Waals surface area contributed by atoms with E-state index in [0.717, 1.165) is 22.9 Å². The van der Waals surface area contributed by atoms with Crippen LogP contribution in [0.2, 0.25) is 0 Å². The zero-order valence-electron chi connectivity index (χ0n) is 17.3. The number of Topliss-reactive ketones (excluding diaryl/α,β-unsaturated/α-hetero) is 1. The van der Waals surface area contributed by atoms with Crippen LogP contribution in [0.5, 0.6) is 0 Å². The van der Waals surface area contributed by atoms with E-state index in [-0.39, 0.29) is 24.4 Å². The zero-order valence-corrected chi connectivity index (χ0v) is 18.1. The molecule has 1 heterocycles. The summed E-state index contributed by atoms with van der Waals surface area (Å²) in [5, 5.41) is 10.8. The summed E-state index contributed by atoms with van der Waals surface area (Å²) in [6.45, 7) is -0.292. The number of aliphatic carboxylic acids is 1. The van der Waals surface area contributed by atoms with E-state index < -0.39 is 45.9 Å². The van der Waals surface area contributed by atoms with Gasteiger partial charge in [-0.3, -0.25) is 19.2 Å². The van der Waals surface area contributed by atoms with Gasteiger partial charge in [0.2, 0.25) is 11.8 Å². The number of hydrogen-bond acceptors (Lipinski definition) is 6. The van der Waals surface area contributed by atoms with Crippen LogP contribution in [0.3, 0.4) is 0 Å². The molecule has 2 aromatic carbocycles. The monoisotopic (exact) mass is 458 g/mol. The Balaban J connectivity index is 1.69. The first kappa shape index (κ1) is 23.1. The lowest BCUT2D eigenvalue weighted by atomic mass is 9.94. The number of amides is 2. The standard InChI is InChI=1S/C22H22N2O7S/c1-32(30,31)17-8-6-16(7-9-17)15-4-2-14(3-5-15)13-24-11-10-18(25)20(22(24)29)21(28)23-12-19(26)27/h2-9,20H,10-13H2,1H3,(H,23,28)(H,26,27). The second-order valence-electron chi connectivity index (χ2n) is 7.51. The van der Waals surface area contributed by atoms with Crippen molar-refractivity contribution in [3.05, 3.63) is 54.1 Å². The van der Waals surface area contributed by atoms with Crippen LogP contribution in [0.25, 0.3) is 11.1 Å². The molecule has 32 heavy (non-hydrogen) atoms. The fourth-order valence-electron chi connectivity index (χ4n) is 3.42. The van der Waals surface area contributed by atoms with E-state index >= 15 is 0 Å².